The van der Waals surface area contributed by atoms with Crippen LogP contribution in [0.15, 0.2) is 47.6 Å². The van der Waals surface area contributed by atoms with Crippen LogP contribution < -0.4 is 0 Å². The van der Waals surface area contributed by atoms with Gasteiger partial charge in [0.2, 0.25) is 0 Å². The summed E-state index contributed by atoms with van der Waals surface area (Å²) in [6.07, 6.45) is 15.2. The number of fused-ring (bicyclic) bond motifs is 10. The molecule has 8 nitrogen and oxygen atoms in total. The van der Waals surface area contributed by atoms with Gasteiger partial charge in [0.15, 0.2) is 23.1 Å². The third-order valence-corrected chi connectivity index (χ3v) is 17.0. The quantitative estimate of drug-likeness (QED) is 0.291. The van der Waals surface area contributed by atoms with Gasteiger partial charge in [-0.3, -0.25) is 19.2 Å². The molecule has 0 unspecified atom stereocenters. The molecule has 0 saturated heterocycles. The minimum atomic E-state index is -1.60. The largest absolute Gasteiger partial charge is 0.393 e. The molecule has 0 amide bonds. The van der Waals surface area contributed by atoms with E-state index in [9.17, 15) is 39.6 Å². The standard InChI is InChI=1S/C43H56O8/c1-38-16-12-26(44)20-24(38)8-10-28-30-14-18-42(50,40(30,3)22-32(46)36(28)38)34(48)6-5-7-35(49)43(51)19-15-31-29-11-9-25-21-27(45)13-17-39(25,2)37(29)33(47)23-41(31,43)4/h12-13,16-17,20-21,28-33,36-37,46-47,50-51H,5-11,14-15,18-19,22-23H2,1-4H3/t28-,29-,30-,31-,32-,33-,36+,37+,38-,39-,40-,41-,42-,43-/m0/s1. The van der Waals surface area contributed by atoms with Crippen molar-refractivity contribution in [2.45, 2.75) is 135 Å². The molecule has 6 fully saturated rings. The van der Waals surface area contributed by atoms with E-state index in [0.29, 0.717) is 38.5 Å². The minimum Gasteiger partial charge on any atom is -0.393 e. The molecule has 8 rings (SSSR count). The van der Waals surface area contributed by atoms with E-state index in [0.717, 1.165) is 36.8 Å². The van der Waals surface area contributed by atoms with E-state index in [1.807, 2.05) is 26.0 Å². The Morgan fingerprint density at radius 1 is 0.667 bits per heavy atom. The summed E-state index contributed by atoms with van der Waals surface area (Å²) in [5.74, 6) is -0.418. The van der Waals surface area contributed by atoms with Gasteiger partial charge in [-0.2, -0.15) is 0 Å². The summed E-state index contributed by atoms with van der Waals surface area (Å²) in [6, 6.07) is 0. The maximum absolute atomic E-state index is 14.0. The highest BCUT2D eigenvalue weighted by molar-refractivity contribution is 6.01. The molecule has 0 aromatic carbocycles. The number of Topliss-reactive ketones (excluding diaryl/α,β-unsaturated/α-hetero) is 2. The topological polar surface area (TPSA) is 149 Å². The van der Waals surface area contributed by atoms with Gasteiger partial charge in [-0.15, -0.1) is 0 Å². The van der Waals surface area contributed by atoms with Crippen molar-refractivity contribution in [3.8, 4) is 0 Å². The van der Waals surface area contributed by atoms with Crippen molar-refractivity contribution in [2.75, 3.05) is 0 Å². The van der Waals surface area contributed by atoms with Gasteiger partial charge in [0.25, 0.3) is 0 Å². The van der Waals surface area contributed by atoms with E-state index in [4.69, 9.17) is 0 Å². The first-order valence-corrected chi connectivity index (χ1v) is 19.7. The van der Waals surface area contributed by atoms with Crippen molar-refractivity contribution < 1.29 is 39.6 Å². The highest BCUT2D eigenvalue weighted by Gasteiger charge is 2.69. The highest BCUT2D eigenvalue weighted by Crippen LogP contribution is 2.69. The maximum Gasteiger partial charge on any atom is 0.178 e. The predicted molar refractivity (Wildman–Crippen MR) is 190 cm³/mol. The molecule has 0 bridgehead atoms. The molecule has 8 heteroatoms. The first kappa shape index (κ1) is 35.5. The highest BCUT2D eigenvalue weighted by atomic mass is 16.3. The van der Waals surface area contributed by atoms with Gasteiger partial charge in [0.05, 0.1) is 12.2 Å². The van der Waals surface area contributed by atoms with E-state index >= 15 is 0 Å². The normalized spacial score (nSPS) is 51.0. The van der Waals surface area contributed by atoms with Crippen LogP contribution in [0, 0.1) is 57.2 Å². The van der Waals surface area contributed by atoms with Crippen LogP contribution in [0.4, 0.5) is 0 Å². The van der Waals surface area contributed by atoms with Gasteiger partial charge in [-0.1, -0.05) is 51.0 Å². The van der Waals surface area contributed by atoms with Crippen LogP contribution >= 0.6 is 0 Å². The van der Waals surface area contributed by atoms with Gasteiger partial charge in [-0.25, -0.2) is 0 Å². The summed E-state index contributed by atoms with van der Waals surface area (Å²) in [7, 11) is 0. The Bertz CT molecular complexity index is 1580. The minimum absolute atomic E-state index is 0.0132. The summed E-state index contributed by atoms with van der Waals surface area (Å²) in [6.45, 7) is 8.16. The van der Waals surface area contributed by atoms with Crippen molar-refractivity contribution in [1.29, 1.82) is 0 Å². The monoisotopic (exact) mass is 700 g/mol. The van der Waals surface area contributed by atoms with E-state index in [-0.39, 0.29) is 77.9 Å². The fourth-order valence-electron chi connectivity index (χ4n) is 14.4. The van der Waals surface area contributed by atoms with E-state index < -0.39 is 45.1 Å². The molecule has 0 aromatic rings. The second kappa shape index (κ2) is 11.5. The zero-order valence-corrected chi connectivity index (χ0v) is 30.7. The molecule has 4 N–H and O–H groups in total. The average molecular weight is 701 g/mol. The zero-order chi connectivity index (χ0) is 36.5. The number of aliphatic hydroxyl groups is 4. The van der Waals surface area contributed by atoms with Gasteiger partial charge in [0, 0.05) is 46.3 Å². The van der Waals surface area contributed by atoms with Gasteiger partial charge >= 0.3 is 0 Å². The van der Waals surface area contributed by atoms with Crippen LogP contribution in [0.25, 0.3) is 0 Å². The summed E-state index contributed by atoms with van der Waals surface area (Å²) in [5.41, 5.74) is -3.51. The third kappa shape index (κ3) is 4.64. The Kier molecular flexibility index (Phi) is 8.00. The summed E-state index contributed by atoms with van der Waals surface area (Å²) < 4.78 is 0. The molecule has 0 aromatic heterocycles. The van der Waals surface area contributed by atoms with Crippen LogP contribution in [0.1, 0.15) is 111 Å². The van der Waals surface area contributed by atoms with Crippen molar-refractivity contribution >= 4 is 23.1 Å². The van der Waals surface area contributed by atoms with Crippen molar-refractivity contribution in [2.24, 2.45) is 57.2 Å². The summed E-state index contributed by atoms with van der Waals surface area (Å²) in [4.78, 5) is 52.4. The number of ketones is 4. The zero-order valence-electron chi connectivity index (χ0n) is 30.7. The first-order valence-electron chi connectivity index (χ1n) is 19.7. The lowest BCUT2D eigenvalue weighted by Crippen LogP contribution is -2.61. The number of rotatable bonds is 6. The number of carbonyl (C=O) groups is 4. The van der Waals surface area contributed by atoms with Crippen molar-refractivity contribution in [1.82, 2.24) is 0 Å². The molecular formula is C43H56O8. The number of carbonyl (C=O) groups excluding carboxylic acids is 4. The van der Waals surface area contributed by atoms with Gasteiger partial charge in [0.1, 0.15) is 11.2 Å². The Morgan fingerprint density at radius 2 is 1.06 bits per heavy atom. The molecule has 0 spiro atoms. The fraction of sp³-hybridized carbons (Fsp3) is 0.721. The lowest BCUT2D eigenvalue weighted by molar-refractivity contribution is -0.178. The Morgan fingerprint density at radius 3 is 1.45 bits per heavy atom. The van der Waals surface area contributed by atoms with E-state index in [1.165, 1.54) is 0 Å². The first-order chi connectivity index (χ1) is 23.9. The van der Waals surface area contributed by atoms with Crippen LogP contribution in [-0.4, -0.2) is 67.0 Å². The number of allylic oxidation sites excluding steroid dienone is 8. The Balaban J connectivity index is 0.944. The molecule has 0 heterocycles. The second-order valence-corrected chi connectivity index (χ2v) is 18.9. The molecule has 14 atom stereocenters. The van der Waals surface area contributed by atoms with E-state index in [1.54, 1.807) is 24.3 Å². The van der Waals surface area contributed by atoms with Crippen LogP contribution in [0.2, 0.25) is 0 Å². The molecule has 8 aliphatic rings. The fourth-order valence-corrected chi connectivity index (χ4v) is 14.4. The summed E-state index contributed by atoms with van der Waals surface area (Å²) in [5, 5.41) is 47.9. The Labute approximate surface area is 301 Å². The number of hydrogen-bond acceptors (Lipinski definition) is 8. The number of hydrogen-bond donors (Lipinski definition) is 4. The SMILES string of the molecule is C[C@]12C=CC(=O)C=C1CC[C@@H]1[C@@H]2[C@@H](O)C[C@@]2(C)[C@H]1CC[C@]2(O)C(=O)CCCC(=O)[C@@]1(O)CC[C@H]2[C@@H]3CCC4=CC(=O)C=C[C@]4(C)[C@H]3[C@@H](O)C[C@@]21C. The maximum atomic E-state index is 14.0. The summed E-state index contributed by atoms with van der Waals surface area (Å²) >= 11 is 0. The molecule has 0 aliphatic heterocycles. The molecule has 51 heavy (non-hydrogen) atoms. The molecular weight excluding hydrogens is 644 g/mol. The average Bonchev–Trinajstić information content (AvgIpc) is 3.50. The van der Waals surface area contributed by atoms with Gasteiger partial charge < -0.3 is 20.4 Å². The molecule has 8 aliphatic carbocycles. The Hall–Kier alpha value is -2.52. The second-order valence-electron chi connectivity index (χ2n) is 18.9. The van der Waals surface area contributed by atoms with Gasteiger partial charge in [-0.05, 0) is 119 Å². The number of aliphatic hydroxyl groups excluding tert-OH is 2. The van der Waals surface area contributed by atoms with E-state index in [2.05, 4.69) is 13.8 Å². The van der Waals surface area contributed by atoms with Crippen LogP contribution in [0.5, 0.6) is 0 Å². The molecule has 276 valence electrons. The molecule has 0 radical (unpaired) electrons. The van der Waals surface area contributed by atoms with Crippen molar-refractivity contribution in [3.63, 3.8) is 0 Å². The lowest BCUT2D eigenvalue weighted by Gasteiger charge is -2.59. The lowest BCUT2D eigenvalue weighted by atomic mass is 9.46. The van der Waals surface area contributed by atoms with Crippen LogP contribution in [0.3, 0.4) is 0 Å². The van der Waals surface area contributed by atoms with Crippen LogP contribution in [-0.2, 0) is 19.2 Å². The molecule has 6 saturated carbocycles. The predicted octanol–water partition coefficient (Wildman–Crippen LogP) is 5.31. The smallest absolute Gasteiger partial charge is 0.178 e. The van der Waals surface area contributed by atoms with Crippen molar-refractivity contribution in [3.05, 3.63) is 47.6 Å². The third-order valence-electron chi connectivity index (χ3n) is 17.0.